The highest BCUT2D eigenvalue weighted by Crippen LogP contribution is 2.13. The summed E-state index contributed by atoms with van der Waals surface area (Å²) in [4.78, 5) is 24.4. The number of aliphatic hydroxyl groups excluding tert-OH is 1. The number of esters is 2. The molecule has 0 aliphatic carbocycles. The van der Waals surface area contributed by atoms with Crippen molar-refractivity contribution < 1.29 is 24.2 Å². The molecule has 0 aromatic rings. The normalized spacial score (nSPS) is 13.3. The molecule has 0 fully saturated rings. The second kappa shape index (κ2) is 56.4. The second-order valence-electron chi connectivity index (χ2n) is 17.6. The smallest absolute Gasteiger partial charge is 0.306 e. The number of ether oxygens (including phenoxy) is 2. The quantitative estimate of drug-likeness (QED) is 0.0374. The van der Waals surface area contributed by atoms with Crippen LogP contribution in [-0.4, -0.2) is 36.4 Å². The molecule has 0 radical (unpaired) electrons. The van der Waals surface area contributed by atoms with Crippen LogP contribution in [0.4, 0.5) is 0 Å². The number of allylic oxidation sites excluding steroid dienone is 22. The summed E-state index contributed by atoms with van der Waals surface area (Å²) in [7, 11) is 0. The van der Waals surface area contributed by atoms with Gasteiger partial charge >= 0.3 is 11.9 Å². The number of rotatable bonds is 48. The largest absolute Gasteiger partial charge is 0.462 e. The summed E-state index contributed by atoms with van der Waals surface area (Å²) >= 11 is 0. The first-order chi connectivity index (χ1) is 33.1. The molecule has 0 saturated heterocycles. The van der Waals surface area contributed by atoms with Gasteiger partial charge in [-0.1, -0.05) is 231 Å². The summed E-state index contributed by atoms with van der Waals surface area (Å²) in [5.74, 6) is -0.621. The molecule has 0 aliphatic rings. The third-order valence-corrected chi connectivity index (χ3v) is 11.2. The maximum Gasteiger partial charge on any atom is 0.306 e. The molecule has 1 atom stereocenters. The lowest BCUT2D eigenvalue weighted by Crippen LogP contribution is -2.28. The van der Waals surface area contributed by atoms with Gasteiger partial charge in [-0.3, -0.25) is 9.59 Å². The predicted octanol–water partition coefficient (Wildman–Crippen LogP) is 18.5. The standard InChI is InChI=1S/C62H100O5/c1-3-5-7-9-11-13-15-17-19-21-22-23-24-25-26-27-28-29-30-31-32-33-34-35-36-37-38-39-40-41-43-45-47-49-51-53-55-57-62(65)67-60(58-63)59-66-61(64)56-54-52-50-48-46-44-42-20-18-16-14-12-10-8-6-4-2/h5,7,11,13-14,16-17,19-20,22-23,25-26,28-29,31-32,34-35,37-38,42,60,63H,3-4,6,8-10,12,15,18,21,24,27,30,33,36,39-41,43-59H2,1-2H3/b7-5-,13-11-,16-14-,19-17-,23-22-,26-25-,29-28-,32-31-,35-34-,38-37-,42-20-. The van der Waals surface area contributed by atoms with Crippen LogP contribution in [0.15, 0.2) is 134 Å². The van der Waals surface area contributed by atoms with Crippen molar-refractivity contribution in [2.45, 2.75) is 232 Å². The molecule has 0 rings (SSSR count). The minimum absolute atomic E-state index is 0.0825. The van der Waals surface area contributed by atoms with Crippen molar-refractivity contribution in [1.82, 2.24) is 0 Å². The molecule has 0 aromatic heterocycles. The van der Waals surface area contributed by atoms with Crippen LogP contribution in [0.3, 0.4) is 0 Å². The minimum atomic E-state index is -0.790. The molecule has 378 valence electrons. The van der Waals surface area contributed by atoms with Gasteiger partial charge in [0.2, 0.25) is 0 Å². The average Bonchev–Trinajstić information content (AvgIpc) is 3.33. The molecule has 0 amide bonds. The first-order valence-electron chi connectivity index (χ1n) is 27.2. The van der Waals surface area contributed by atoms with E-state index in [1.54, 1.807) is 0 Å². The van der Waals surface area contributed by atoms with Gasteiger partial charge in [-0.25, -0.2) is 0 Å². The zero-order valence-electron chi connectivity index (χ0n) is 43.1. The van der Waals surface area contributed by atoms with E-state index in [0.29, 0.717) is 12.8 Å². The molecular formula is C62H100O5. The molecule has 1 N–H and O–H groups in total. The fourth-order valence-corrected chi connectivity index (χ4v) is 7.11. The highest BCUT2D eigenvalue weighted by atomic mass is 16.6. The average molecular weight is 925 g/mol. The molecule has 0 aliphatic heterocycles. The van der Waals surface area contributed by atoms with Gasteiger partial charge < -0.3 is 14.6 Å². The summed E-state index contributed by atoms with van der Waals surface area (Å²) in [6.07, 6.45) is 84.1. The summed E-state index contributed by atoms with van der Waals surface area (Å²) in [6.45, 7) is 3.98. The van der Waals surface area contributed by atoms with Crippen LogP contribution < -0.4 is 0 Å². The third-order valence-electron chi connectivity index (χ3n) is 11.2. The lowest BCUT2D eigenvalue weighted by Gasteiger charge is -2.15. The first-order valence-corrected chi connectivity index (χ1v) is 27.2. The SMILES string of the molecule is CC/C=C\C/C=C\C/C=C\C/C=C\C/C=C\C/C=C\C/C=C\C/C=C\C/C=C\CCCCCCCCCCCC(=O)OC(CO)COC(=O)CCCCCCC/C=C\C/C=C\CCCCCC. The van der Waals surface area contributed by atoms with E-state index in [9.17, 15) is 14.7 Å². The molecule has 67 heavy (non-hydrogen) atoms. The van der Waals surface area contributed by atoms with Crippen LogP contribution in [0.2, 0.25) is 0 Å². The molecule has 0 saturated carbocycles. The first kappa shape index (κ1) is 63.0. The monoisotopic (exact) mass is 925 g/mol. The van der Waals surface area contributed by atoms with Crippen molar-refractivity contribution >= 4 is 11.9 Å². The van der Waals surface area contributed by atoms with Crippen LogP contribution in [-0.2, 0) is 19.1 Å². The van der Waals surface area contributed by atoms with Crippen molar-refractivity contribution in [3.05, 3.63) is 134 Å². The number of carbonyl (C=O) groups is 2. The van der Waals surface area contributed by atoms with Crippen molar-refractivity contribution in [2.24, 2.45) is 0 Å². The number of unbranched alkanes of at least 4 members (excludes halogenated alkanes) is 18. The Bertz CT molecular complexity index is 1420. The Balaban J connectivity index is 3.61. The lowest BCUT2D eigenvalue weighted by atomic mass is 10.1. The van der Waals surface area contributed by atoms with Crippen LogP contribution in [0.1, 0.15) is 226 Å². The summed E-state index contributed by atoms with van der Waals surface area (Å²) in [5.41, 5.74) is 0. The van der Waals surface area contributed by atoms with Crippen LogP contribution in [0.5, 0.6) is 0 Å². The molecule has 0 bridgehead atoms. The van der Waals surface area contributed by atoms with E-state index >= 15 is 0 Å². The second-order valence-corrected chi connectivity index (χ2v) is 17.6. The topological polar surface area (TPSA) is 72.8 Å². The highest BCUT2D eigenvalue weighted by molar-refractivity contribution is 5.70. The Kier molecular flexibility index (Phi) is 53.0. The molecule has 0 aromatic carbocycles. The highest BCUT2D eigenvalue weighted by Gasteiger charge is 2.16. The number of hydrogen-bond donors (Lipinski definition) is 1. The minimum Gasteiger partial charge on any atom is -0.462 e. The zero-order chi connectivity index (χ0) is 48.5. The molecule has 5 nitrogen and oxygen atoms in total. The lowest BCUT2D eigenvalue weighted by molar-refractivity contribution is -0.161. The summed E-state index contributed by atoms with van der Waals surface area (Å²) in [6, 6.07) is 0. The van der Waals surface area contributed by atoms with Crippen LogP contribution in [0, 0.1) is 0 Å². The van der Waals surface area contributed by atoms with Crippen LogP contribution >= 0.6 is 0 Å². The van der Waals surface area contributed by atoms with Crippen molar-refractivity contribution in [3.8, 4) is 0 Å². The van der Waals surface area contributed by atoms with Gasteiger partial charge in [0.25, 0.3) is 0 Å². The Morgan fingerprint density at radius 2 is 0.642 bits per heavy atom. The van der Waals surface area contributed by atoms with E-state index in [4.69, 9.17) is 9.47 Å². The van der Waals surface area contributed by atoms with Crippen molar-refractivity contribution in [2.75, 3.05) is 13.2 Å². The van der Waals surface area contributed by atoms with E-state index in [-0.39, 0.29) is 25.2 Å². The molecule has 0 heterocycles. The third kappa shape index (κ3) is 54.5. The fourth-order valence-electron chi connectivity index (χ4n) is 7.11. The molecule has 5 heteroatoms. The maximum absolute atomic E-state index is 12.3. The van der Waals surface area contributed by atoms with Gasteiger partial charge in [0.15, 0.2) is 6.10 Å². The number of hydrogen-bond acceptors (Lipinski definition) is 5. The van der Waals surface area contributed by atoms with Gasteiger partial charge in [-0.05, 0) is 116 Å². The maximum atomic E-state index is 12.3. The molecular weight excluding hydrogens is 825 g/mol. The van der Waals surface area contributed by atoms with Crippen molar-refractivity contribution in [3.63, 3.8) is 0 Å². The summed E-state index contributed by atoms with van der Waals surface area (Å²) < 4.78 is 10.7. The van der Waals surface area contributed by atoms with Crippen LogP contribution in [0.25, 0.3) is 0 Å². The van der Waals surface area contributed by atoms with Gasteiger partial charge in [0, 0.05) is 12.8 Å². The van der Waals surface area contributed by atoms with E-state index < -0.39 is 6.10 Å². The van der Waals surface area contributed by atoms with Gasteiger partial charge in [0.05, 0.1) is 6.61 Å². The van der Waals surface area contributed by atoms with E-state index in [0.717, 1.165) is 116 Å². The van der Waals surface area contributed by atoms with Gasteiger partial charge in [0.1, 0.15) is 6.61 Å². The van der Waals surface area contributed by atoms with E-state index in [1.807, 2.05) is 0 Å². The Morgan fingerprint density at radius 1 is 0.358 bits per heavy atom. The number of carbonyl (C=O) groups excluding carboxylic acids is 2. The van der Waals surface area contributed by atoms with E-state index in [2.05, 4.69) is 148 Å². The fraction of sp³-hybridized carbons (Fsp3) is 0.613. The molecule has 0 spiro atoms. The number of aliphatic hydroxyl groups is 1. The summed E-state index contributed by atoms with van der Waals surface area (Å²) in [5, 5.41) is 9.63. The predicted molar refractivity (Wildman–Crippen MR) is 292 cm³/mol. The Labute approximate surface area is 413 Å². The van der Waals surface area contributed by atoms with E-state index in [1.165, 1.54) is 83.5 Å². The van der Waals surface area contributed by atoms with Gasteiger partial charge in [-0.15, -0.1) is 0 Å². The Hall–Kier alpha value is -3.96. The zero-order valence-corrected chi connectivity index (χ0v) is 43.1. The molecule has 1 unspecified atom stereocenters. The van der Waals surface area contributed by atoms with Gasteiger partial charge in [-0.2, -0.15) is 0 Å². The Morgan fingerprint density at radius 3 is 0.970 bits per heavy atom. The van der Waals surface area contributed by atoms with Crippen molar-refractivity contribution in [1.29, 1.82) is 0 Å².